The lowest BCUT2D eigenvalue weighted by molar-refractivity contribution is -0.122. The zero-order valence-corrected chi connectivity index (χ0v) is 15.4. The molecule has 3 rings (SSSR count). The highest BCUT2D eigenvalue weighted by Gasteiger charge is 2.20. The average Bonchev–Trinajstić information content (AvgIpc) is 3.12. The molecule has 1 aromatic heterocycles. The maximum Gasteiger partial charge on any atom is 0.236 e. The summed E-state index contributed by atoms with van der Waals surface area (Å²) in [5.74, 6) is 0.930. The van der Waals surface area contributed by atoms with Crippen LogP contribution in [-0.4, -0.2) is 37.6 Å². The van der Waals surface area contributed by atoms with Gasteiger partial charge in [0.2, 0.25) is 5.91 Å². The quantitative estimate of drug-likeness (QED) is 0.613. The molecule has 0 spiro atoms. The molecule has 0 unspecified atom stereocenters. The van der Waals surface area contributed by atoms with Crippen LogP contribution in [0.15, 0.2) is 54.7 Å². The van der Waals surface area contributed by atoms with Gasteiger partial charge in [-0.3, -0.25) is 4.79 Å². The number of benzene rings is 2. The highest BCUT2D eigenvalue weighted by molar-refractivity contribution is 5.84. The molecule has 136 valence electrons. The van der Waals surface area contributed by atoms with Gasteiger partial charge in [-0.1, -0.05) is 30.3 Å². The summed E-state index contributed by atoms with van der Waals surface area (Å²) in [5, 5.41) is 7.24. The first-order chi connectivity index (χ1) is 12.6. The summed E-state index contributed by atoms with van der Waals surface area (Å²) >= 11 is 0. The largest absolute Gasteiger partial charge is 0.497 e. The molecule has 0 radical (unpaired) electrons. The molecule has 3 aromatic rings. The molecule has 5 heteroatoms. The van der Waals surface area contributed by atoms with E-state index in [1.807, 2.05) is 31.2 Å². The third-order valence-electron chi connectivity index (χ3n) is 4.78. The van der Waals surface area contributed by atoms with E-state index in [-0.39, 0.29) is 17.9 Å². The van der Waals surface area contributed by atoms with Crippen molar-refractivity contribution in [1.82, 2.24) is 15.6 Å². The van der Waals surface area contributed by atoms with Crippen LogP contribution in [0.4, 0.5) is 0 Å². The molecule has 3 N–H and O–H groups in total. The van der Waals surface area contributed by atoms with Crippen molar-refractivity contribution in [3.05, 3.63) is 65.9 Å². The SMILES string of the molecule is CNC(=O)[C@H](C)NC[C@@H](c1ccc(OC)cc1)c1c[nH]c2ccccc12. The molecule has 2 atom stereocenters. The van der Waals surface area contributed by atoms with Gasteiger partial charge in [0.25, 0.3) is 0 Å². The number of carbonyl (C=O) groups is 1. The molecule has 0 aliphatic heterocycles. The van der Waals surface area contributed by atoms with E-state index in [9.17, 15) is 4.79 Å². The van der Waals surface area contributed by atoms with Crippen LogP contribution in [-0.2, 0) is 4.79 Å². The maximum absolute atomic E-state index is 11.8. The van der Waals surface area contributed by atoms with Gasteiger partial charge in [-0.2, -0.15) is 0 Å². The van der Waals surface area contributed by atoms with E-state index in [0.29, 0.717) is 6.54 Å². The first-order valence-corrected chi connectivity index (χ1v) is 8.79. The summed E-state index contributed by atoms with van der Waals surface area (Å²) in [4.78, 5) is 15.2. The Kier molecular flexibility index (Phi) is 5.58. The molecule has 26 heavy (non-hydrogen) atoms. The van der Waals surface area contributed by atoms with E-state index >= 15 is 0 Å². The summed E-state index contributed by atoms with van der Waals surface area (Å²) in [7, 11) is 3.32. The number of rotatable bonds is 7. The lowest BCUT2D eigenvalue weighted by Gasteiger charge is -2.21. The van der Waals surface area contributed by atoms with Gasteiger partial charge in [-0.05, 0) is 36.2 Å². The van der Waals surface area contributed by atoms with Crippen molar-refractivity contribution in [2.45, 2.75) is 18.9 Å². The Bertz CT molecular complexity index is 870. The van der Waals surface area contributed by atoms with Gasteiger partial charge in [0, 0.05) is 36.6 Å². The number of nitrogens with one attached hydrogen (secondary N) is 3. The van der Waals surface area contributed by atoms with E-state index < -0.39 is 0 Å². The number of aromatic amines is 1. The molecule has 1 heterocycles. The van der Waals surface area contributed by atoms with Crippen molar-refractivity contribution in [3.8, 4) is 5.75 Å². The van der Waals surface area contributed by atoms with Gasteiger partial charge in [0.1, 0.15) is 5.75 Å². The Hall–Kier alpha value is -2.79. The van der Waals surface area contributed by atoms with Gasteiger partial charge in [0.15, 0.2) is 0 Å². The van der Waals surface area contributed by atoms with Crippen molar-refractivity contribution < 1.29 is 9.53 Å². The summed E-state index contributed by atoms with van der Waals surface area (Å²) in [6, 6.07) is 16.1. The molecule has 0 bridgehead atoms. The normalized spacial score (nSPS) is 13.3. The third-order valence-corrected chi connectivity index (χ3v) is 4.78. The number of fused-ring (bicyclic) bond motifs is 1. The van der Waals surface area contributed by atoms with Crippen LogP contribution in [0.25, 0.3) is 10.9 Å². The highest BCUT2D eigenvalue weighted by atomic mass is 16.5. The highest BCUT2D eigenvalue weighted by Crippen LogP contribution is 2.31. The fourth-order valence-electron chi connectivity index (χ4n) is 3.23. The lowest BCUT2D eigenvalue weighted by atomic mass is 9.90. The van der Waals surface area contributed by atoms with Crippen LogP contribution >= 0.6 is 0 Å². The van der Waals surface area contributed by atoms with Crippen molar-refractivity contribution in [1.29, 1.82) is 0 Å². The number of H-pyrrole nitrogens is 1. The fourth-order valence-corrected chi connectivity index (χ4v) is 3.23. The second-order valence-corrected chi connectivity index (χ2v) is 6.36. The van der Waals surface area contributed by atoms with E-state index in [1.54, 1.807) is 14.2 Å². The Morgan fingerprint density at radius 2 is 1.88 bits per heavy atom. The number of ether oxygens (including phenoxy) is 1. The molecular formula is C21H25N3O2. The predicted molar refractivity (Wildman–Crippen MR) is 105 cm³/mol. The number of para-hydroxylation sites is 1. The van der Waals surface area contributed by atoms with Crippen molar-refractivity contribution in [2.24, 2.45) is 0 Å². The van der Waals surface area contributed by atoms with Gasteiger partial charge < -0.3 is 20.4 Å². The Balaban J connectivity index is 1.94. The minimum atomic E-state index is -0.258. The van der Waals surface area contributed by atoms with E-state index in [0.717, 1.165) is 11.3 Å². The van der Waals surface area contributed by atoms with Gasteiger partial charge in [0.05, 0.1) is 13.2 Å². The number of hydrogen-bond donors (Lipinski definition) is 3. The summed E-state index contributed by atoms with van der Waals surface area (Å²) in [6.45, 7) is 2.53. The summed E-state index contributed by atoms with van der Waals surface area (Å²) in [6.07, 6.45) is 2.06. The minimum absolute atomic E-state index is 0.0163. The first-order valence-electron chi connectivity index (χ1n) is 8.79. The Labute approximate surface area is 153 Å². The molecule has 1 amide bonds. The van der Waals surface area contributed by atoms with Crippen LogP contribution in [0.2, 0.25) is 0 Å². The lowest BCUT2D eigenvalue weighted by Crippen LogP contribution is -2.42. The van der Waals surface area contributed by atoms with Crippen LogP contribution < -0.4 is 15.4 Å². The molecular weight excluding hydrogens is 326 g/mol. The standard InChI is InChI=1S/C21H25N3O2/c1-14(21(25)22-2)23-12-18(15-8-10-16(26-3)11-9-15)19-13-24-20-7-5-4-6-17(19)20/h4-11,13-14,18,23-24H,12H2,1-3H3,(H,22,25)/t14-,18-/m0/s1. The van der Waals surface area contributed by atoms with Crippen molar-refractivity contribution in [3.63, 3.8) is 0 Å². The van der Waals surface area contributed by atoms with Crippen LogP contribution in [0.5, 0.6) is 5.75 Å². The van der Waals surface area contributed by atoms with E-state index in [2.05, 4.69) is 46.1 Å². The number of likely N-dealkylation sites (N-methyl/N-ethyl adjacent to an activating group) is 1. The zero-order valence-electron chi connectivity index (χ0n) is 15.4. The molecule has 0 saturated heterocycles. The fraction of sp³-hybridized carbons (Fsp3) is 0.286. The zero-order chi connectivity index (χ0) is 18.5. The second-order valence-electron chi connectivity index (χ2n) is 6.36. The van der Waals surface area contributed by atoms with Crippen molar-refractivity contribution in [2.75, 3.05) is 20.7 Å². The van der Waals surface area contributed by atoms with Gasteiger partial charge in [-0.25, -0.2) is 0 Å². The number of hydrogen-bond acceptors (Lipinski definition) is 3. The minimum Gasteiger partial charge on any atom is -0.497 e. The molecule has 0 saturated carbocycles. The summed E-state index contributed by atoms with van der Waals surface area (Å²) in [5.41, 5.74) is 3.50. The van der Waals surface area contributed by atoms with E-state index in [1.165, 1.54) is 16.5 Å². The Morgan fingerprint density at radius 1 is 1.15 bits per heavy atom. The van der Waals surface area contributed by atoms with Gasteiger partial charge in [-0.15, -0.1) is 0 Å². The number of carbonyl (C=O) groups excluding carboxylic acids is 1. The maximum atomic E-state index is 11.8. The molecule has 0 aliphatic carbocycles. The number of methoxy groups -OCH3 is 1. The molecule has 0 aliphatic rings. The second kappa shape index (κ2) is 8.06. The molecule has 2 aromatic carbocycles. The number of amides is 1. The van der Waals surface area contributed by atoms with Crippen LogP contribution in [0, 0.1) is 0 Å². The Morgan fingerprint density at radius 3 is 2.58 bits per heavy atom. The van der Waals surface area contributed by atoms with Gasteiger partial charge >= 0.3 is 0 Å². The number of aromatic nitrogens is 1. The summed E-state index contributed by atoms with van der Waals surface area (Å²) < 4.78 is 5.28. The molecule has 5 nitrogen and oxygen atoms in total. The van der Waals surface area contributed by atoms with E-state index in [4.69, 9.17) is 4.74 Å². The van der Waals surface area contributed by atoms with Crippen LogP contribution in [0.1, 0.15) is 24.0 Å². The average molecular weight is 351 g/mol. The van der Waals surface area contributed by atoms with Crippen LogP contribution in [0.3, 0.4) is 0 Å². The topological polar surface area (TPSA) is 66.2 Å². The smallest absolute Gasteiger partial charge is 0.236 e. The predicted octanol–water partition coefficient (Wildman–Crippen LogP) is 3.03. The monoisotopic (exact) mass is 351 g/mol. The molecule has 0 fully saturated rings. The third kappa shape index (κ3) is 3.73. The van der Waals surface area contributed by atoms with Crippen molar-refractivity contribution >= 4 is 16.8 Å². The first kappa shape index (κ1) is 18.0.